The van der Waals surface area contributed by atoms with E-state index in [1.165, 1.54) is 17.6 Å². The maximum absolute atomic E-state index is 3.76. The summed E-state index contributed by atoms with van der Waals surface area (Å²) in [5.74, 6) is 0. The second kappa shape index (κ2) is 11.2. The molecular weight excluding hydrogens is 156 g/mol. The van der Waals surface area contributed by atoms with Gasteiger partial charge in [0.2, 0.25) is 0 Å². The Morgan fingerprint density at radius 1 is 1.15 bits per heavy atom. The van der Waals surface area contributed by atoms with Crippen LogP contribution in [0.1, 0.15) is 47.5 Å². The Hall–Kier alpha value is -0.780. The molecule has 0 saturated heterocycles. The second-order valence-electron chi connectivity index (χ2n) is 2.94. The summed E-state index contributed by atoms with van der Waals surface area (Å²) >= 11 is 0. The molecule has 0 aromatic carbocycles. The highest BCUT2D eigenvalue weighted by molar-refractivity contribution is 5.23. The molecule has 0 N–H and O–H groups in total. The molecule has 0 radical (unpaired) electrons. The summed E-state index contributed by atoms with van der Waals surface area (Å²) in [7, 11) is 0. The van der Waals surface area contributed by atoms with Crippen molar-refractivity contribution in [3.8, 4) is 0 Å². The Morgan fingerprint density at radius 2 is 1.69 bits per heavy atom. The predicted molar refractivity (Wildman–Crippen MR) is 64.0 cm³/mol. The van der Waals surface area contributed by atoms with E-state index in [0.29, 0.717) is 0 Å². The lowest BCUT2D eigenvalue weighted by molar-refractivity contribution is 0.927. The van der Waals surface area contributed by atoms with Crippen molar-refractivity contribution in [2.75, 3.05) is 0 Å². The number of allylic oxidation sites excluding steroid dienone is 5. The van der Waals surface area contributed by atoms with Crippen LogP contribution in [0.5, 0.6) is 0 Å². The fraction of sp³-hybridized carbons (Fsp3) is 0.538. The highest BCUT2D eigenvalue weighted by atomic mass is 13.9. The maximum Gasteiger partial charge on any atom is -0.0282 e. The van der Waals surface area contributed by atoms with Gasteiger partial charge in [-0.05, 0) is 25.8 Å². The molecule has 0 heterocycles. The molecule has 0 aromatic rings. The summed E-state index contributed by atoms with van der Waals surface area (Å²) in [6.07, 6.45) is 8.53. The van der Waals surface area contributed by atoms with Crippen LogP contribution >= 0.6 is 0 Å². The first-order valence-electron chi connectivity index (χ1n) is 5.17. The Bertz CT molecular complexity index is 166. The standard InChI is InChI=1S/C11H18.C2H6/c1-5-7-11(6-2)9-8-10(3)4;1-2/h6,8-9H,2,5,7H2,1,3-4H3;1-2H3/b11-9+;. The Morgan fingerprint density at radius 3 is 2.00 bits per heavy atom. The van der Waals surface area contributed by atoms with Crippen LogP contribution < -0.4 is 0 Å². The molecule has 0 heteroatoms. The Kier molecular flexibility index (Phi) is 12.7. The van der Waals surface area contributed by atoms with Gasteiger partial charge in [0.15, 0.2) is 0 Å². The zero-order valence-electron chi connectivity index (χ0n) is 9.85. The summed E-state index contributed by atoms with van der Waals surface area (Å²) < 4.78 is 0. The molecule has 0 atom stereocenters. The molecule has 0 amide bonds. The Balaban J connectivity index is 0. The Labute approximate surface area is 84.1 Å². The van der Waals surface area contributed by atoms with Crippen LogP contribution in [0.25, 0.3) is 0 Å². The van der Waals surface area contributed by atoms with Gasteiger partial charge in [-0.15, -0.1) is 0 Å². The van der Waals surface area contributed by atoms with Gasteiger partial charge in [0, 0.05) is 0 Å². The average molecular weight is 180 g/mol. The molecule has 0 aliphatic heterocycles. The number of hydrogen-bond acceptors (Lipinski definition) is 0. The molecule has 0 fully saturated rings. The van der Waals surface area contributed by atoms with E-state index in [1.54, 1.807) is 0 Å². The van der Waals surface area contributed by atoms with E-state index in [9.17, 15) is 0 Å². The van der Waals surface area contributed by atoms with Gasteiger partial charge in [0.05, 0.1) is 0 Å². The third-order valence-electron chi connectivity index (χ3n) is 1.43. The predicted octanol–water partition coefficient (Wildman–Crippen LogP) is 4.89. The molecule has 76 valence electrons. The summed E-state index contributed by atoms with van der Waals surface area (Å²) in [6, 6.07) is 0. The van der Waals surface area contributed by atoms with E-state index in [1.807, 2.05) is 19.9 Å². The molecule has 0 nitrogen and oxygen atoms in total. The summed E-state index contributed by atoms with van der Waals surface area (Å²) in [5, 5.41) is 0. The van der Waals surface area contributed by atoms with Crippen molar-refractivity contribution in [2.45, 2.75) is 47.5 Å². The van der Waals surface area contributed by atoms with Crippen LogP contribution in [0.15, 0.2) is 36.0 Å². The lowest BCUT2D eigenvalue weighted by atomic mass is 10.1. The summed E-state index contributed by atoms with van der Waals surface area (Å²) in [4.78, 5) is 0. The van der Waals surface area contributed by atoms with Crippen LogP contribution in [0.3, 0.4) is 0 Å². The van der Waals surface area contributed by atoms with Gasteiger partial charge in [-0.2, -0.15) is 0 Å². The fourth-order valence-corrected chi connectivity index (χ4v) is 0.816. The van der Waals surface area contributed by atoms with Crippen LogP contribution in [-0.4, -0.2) is 0 Å². The smallest absolute Gasteiger partial charge is 0.0282 e. The minimum Gasteiger partial charge on any atom is -0.0988 e. The minimum atomic E-state index is 1.13. The zero-order valence-corrected chi connectivity index (χ0v) is 9.85. The zero-order chi connectivity index (χ0) is 10.7. The van der Waals surface area contributed by atoms with Crippen molar-refractivity contribution in [1.29, 1.82) is 0 Å². The summed E-state index contributed by atoms with van der Waals surface area (Å²) in [5.41, 5.74) is 2.66. The molecule has 13 heavy (non-hydrogen) atoms. The van der Waals surface area contributed by atoms with E-state index < -0.39 is 0 Å². The highest BCUT2D eigenvalue weighted by Gasteiger charge is 1.86. The van der Waals surface area contributed by atoms with E-state index in [-0.39, 0.29) is 0 Å². The lowest BCUT2D eigenvalue weighted by Crippen LogP contribution is -1.75. The van der Waals surface area contributed by atoms with Crippen molar-refractivity contribution in [1.82, 2.24) is 0 Å². The second-order valence-corrected chi connectivity index (χ2v) is 2.94. The largest absolute Gasteiger partial charge is 0.0988 e. The van der Waals surface area contributed by atoms with E-state index in [4.69, 9.17) is 0 Å². The van der Waals surface area contributed by atoms with Crippen LogP contribution in [0.2, 0.25) is 0 Å². The van der Waals surface area contributed by atoms with Crippen LogP contribution in [-0.2, 0) is 0 Å². The van der Waals surface area contributed by atoms with Crippen LogP contribution in [0, 0.1) is 0 Å². The van der Waals surface area contributed by atoms with Crippen LogP contribution in [0.4, 0.5) is 0 Å². The molecule has 0 aromatic heterocycles. The first kappa shape index (κ1) is 14.7. The molecule has 0 bridgehead atoms. The molecular formula is C13H24. The van der Waals surface area contributed by atoms with Gasteiger partial charge >= 0.3 is 0 Å². The van der Waals surface area contributed by atoms with E-state index in [2.05, 4.69) is 39.5 Å². The monoisotopic (exact) mass is 180 g/mol. The molecule has 0 aliphatic carbocycles. The van der Waals surface area contributed by atoms with Crippen molar-refractivity contribution in [2.24, 2.45) is 0 Å². The lowest BCUT2D eigenvalue weighted by Gasteiger charge is -1.95. The average Bonchev–Trinajstić information content (AvgIpc) is 2.15. The molecule has 0 rings (SSSR count). The molecule has 0 saturated carbocycles. The van der Waals surface area contributed by atoms with Gasteiger partial charge in [-0.25, -0.2) is 0 Å². The topological polar surface area (TPSA) is 0 Å². The first-order valence-corrected chi connectivity index (χ1v) is 5.17. The third kappa shape index (κ3) is 11.2. The maximum atomic E-state index is 3.76. The normalized spacial score (nSPS) is 9.77. The molecule has 0 aliphatic rings. The quantitative estimate of drug-likeness (QED) is 0.540. The van der Waals surface area contributed by atoms with Crippen molar-refractivity contribution in [3.05, 3.63) is 36.0 Å². The van der Waals surface area contributed by atoms with Gasteiger partial charge < -0.3 is 0 Å². The van der Waals surface area contributed by atoms with Crippen molar-refractivity contribution >= 4 is 0 Å². The van der Waals surface area contributed by atoms with Gasteiger partial charge in [-0.1, -0.05) is 57.6 Å². The van der Waals surface area contributed by atoms with E-state index >= 15 is 0 Å². The minimum absolute atomic E-state index is 1.13. The number of hydrogen-bond donors (Lipinski definition) is 0. The van der Waals surface area contributed by atoms with Crippen molar-refractivity contribution in [3.63, 3.8) is 0 Å². The van der Waals surface area contributed by atoms with E-state index in [0.717, 1.165) is 6.42 Å². The third-order valence-corrected chi connectivity index (χ3v) is 1.43. The van der Waals surface area contributed by atoms with Gasteiger partial charge in [-0.3, -0.25) is 0 Å². The summed E-state index contributed by atoms with van der Waals surface area (Å²) in [6.45, 7) is 14.1. The molecule has 0 spiro atoms. The highest BCUT2D eigenvalue weighted by Crippen LogP contribution is 2.06. The van der Waals surface area contributed by atoms with Gasteiger partial charge in [0.1, 0.15) is 0 Å². The van der Waals surface area contributed by atoms with Gasteiger partial charge in [0.25, 0.3) is 0 Å². The molecule has 0 unspecified atom stereocenters. The van der Waals surface area contributed by atoms with Crippen molar-refractivity contribution < 1.29 is 0 Å². The fourth-order valence-electron chi connectivity index (χ4n) is 0.816. The SMILES string of the molecule is C=C/C(=C\C=C(C)C)CCC.CC. The first-order chi connectivity index (χ1) is 6.20. The number of rotatable bonds is 4.